The second kappa shape index (κ2) is 8.09. The summed E-state index contributed by atoms with van der Waals surface area (Å²) >= 11 is 6.29. The molecule has 2 aromatic carbocycles. The second-order valence-electron chi connectivity index (χ2n) is 5.38. The first kappa shape index (κ1) is 17.4. The van der Waals surface area contributed by atoms with Crippen LogP contribution in [0.3, 0.4) is 0 Å². The van der Waals surface area contributed by atoms with E-state index in [-0.39, 0.29) is 11.7 Å². The Morgan fingerprint density at radius 1 is 1.26 bits per heavy atom. The van der Waals surface area contributed by atoms with E-state index in [1.165, 1.54) is 6.07 Å². The van der Waals surface area contributed by atoms with E-state index in [0.717, 1.165) is 11.1 Å². The van der Waals surface area contributed by atoms with Crippen LogP contribution < -0.4 is 10.6 Å². The highest BCUT2D eigenvalue weighted by Crippen LogP contribution is 2.29. The van der Waals surface area contributed by atoms with Gasteiger partial charge in [-0.1, -0.05) is 41.9 Å². The number of aryl methyl sites for hydroxylation is 1. The Morgan fingerprint density at radius 2 is 2.00 bits per heavy atom. The van der Waals surface area contributed by atoms with E-state index in [9.17, 15) is 9.18 Å². The molecule has 0 saturated carbocycles. The Balaban J connectivity index is 2.36. The van der Waals surface area contributed by atoms with Crippen molar-refractivity contribution in [2.75, 3.05) is 13.6 Å². The summed E-state index contributed by atoms with van der Waals surface area (Å²) < 4.78 is 13.6. The maximum atomic E-state index is 13.6. The minimum atomic E-state index is -0.410. The van der Waals surface area contributed by atoms with Gasteiger partial charge in [0.25, 0.3) is 0 Å². The number of halogens is 2. The van der Waals surface area contributed by atoms with Gasteiger partial charge in [0.05, 0.1) is 6.04 Å². The van der Waals surface area contributed by atoms with Crippen LogP contribution in [0.25, 0.3) is 0 Å². The number of hydrogen-bond donors (Lipinski definition) is 2. The molecular weight excluding hydrogens is 315 g/mol. The average Bonchev–Trinajstić information content (AvgIpc) is 2.54. The van der Waals surface area contributed by atoms with Gasteiger partial charge in [-0.15, -0.1) is 0 Å². The summed E-state index contributed by atoms with van der Waals surface area (Å²) in [5.74, 6) is -0.362. The van der Waals surface area contributed by atoms with E-state index < -0.39 is 6.04 Å². The van der Waals surface area contributed by atoms with Crippen molar-refractivity contribution in [1.82, 2.24) is 10.6 Å². The Bertz CT molecular complexity index is 690. The average molecular weight is 335 g/mol. The zero-order valence-corrected chi connectivity index (χ0v) is 14.0. The van der Waals surface area contributed by atoms with Crippen molar-refractivity contribution in [2.24, 2.45) is 0 Å². The number of rotatable bonds is 6. The summed E-state index contributed by atoms with van der Waals surface area (Å²) in [5, 5.41) is 6.49. The molecule has 122 valence electrons. The van der Waals surface area contributed by atoms with E-state index in [1.807, 2.05) is 18.2 Å². The SMILES string of the molecule is CNCCC(=O)NC(c1ccc(F)c(C)c1)c1ccccc1Cl. The second-order valence-corrected chi connectivity index (χ2v) is 5.79. The van der Waals surface area contributed by atoms with Crippen molar-refractivity contribution in [3.05, 3.63) is 70.0 Å². The fourth-order valence-corrected chi connectivity index (χ4v) is 2.61. The summed E-state index contributed by atoms with van der Waals surface area (Å²) in [6.07, 6.45) is 0.359. The summed E-state index contributed by atoms with van der Waals surface area (Å²) in [6, 6.07) is 11.8. The molecule has 0 spiro atoms. The van der Waals surface area contributed by atoms with Crippen LogP contribution in [-0.2, 0) is 4.79 Å². The molecule has 1 amide bonds. The third kappa shape index (κ3) is 4.53. The summed E-state index contributed by atoms with van der Waals surface area (Å²) in [6.45, 7) is 2.29. The van der Waals surface area contributed by atoms with Crippen molar-refractivity contribution in [1.29, 1.82) is 0 Å². The molecule has 0 bridgehead atoms. The van der Waals surface area contributed by atoms with Gasteiger partial charge in [0, 0.05) is 18.0 Å². The molecule has 1 atom stereocenters. The van der Waals surface area contributed by atoms with E-state index >= 15 is 0 Å². The van der Waals surface area contributed by atoms with Crippen LogP contribution in [-0.4, -0.2) is 19.5 Å². The zero-order chi connectivity index (χ0) is 16.8. The van der Waals surface area contributed by atoms with Gasteiger partial charge in [-0.2, -0.15) is 0 Å². The minimum absolute atomic E-state index is 0.0914. The maximum Gasteiger partial charge on any atom is 0.222 e. The first-order valence-electron chi connectivity index (χ1n) is 7.47. The first-order valence-corrected chi connectivity index (χ1v) is 7.85. The Kier molecular flexibility index (Phi) is 6.13. The van der Waals surface area contributed by atoms with Crippen LogP contribution in [0, 0.1) is 12.7 Å². The van der Waals surface area contributed by atoms with E-state index in [1.54, 1.807) is 32.2 Å². The predicted octanol–water partition coefficient (Wildman–Crippen LogP) is 3.60. The largest absolute Gasteiger partial charge is 0.345 e. The highest BCUT2D eigenvalue weighted by molar-refractivity contribution is 6.31. The van der Waals surface area contributed by atoms with Crippen LogP contribution in [0.4, 0.5) is 4.39 Å². The van der Waals surface area contributed by atoms with Gasteiger partial charge >= 0.3 is 0 Å². The molecule has 0 aliphatic rings. The maximum absolute atomic E-state index is 13.6. The molecule has 0 saturated heterocycles. The number of amides is 1. The minimum Gasteiger partial charge on any atom is -0.345 e. The molecule has 5 heteroatoms. The summed E-state index contributed by atoms with van der Waals surface area (Å²) in [4.78, 5) is 12.2. The highest BCUT2D eigenvalue weighted by Gasteiger charge is 2.19. The topological polar surface area (TPSA) is 41.1 Å². The molecule has 0 aliphatic heterocycles. The third-order valence-electron chi connectivity index (χ3n) is 3.64. The molecule has 0 aliphatic carbocycles. The van der Waals surface area contributed by atoms with Gasteiger partial charge in [0.2, 0.25) is 5.91 Å². The van der Waals surface area contributed by atoms with E-state index in [2.05, 4.69) is 10.6 Å². The molecule has 2 N–H and O–H groups in total. The van der Waals surface area contributed by atoms with Crippen molar-refractivity contribution in [3.8, 4) is 0 Å². The number of carbonyl (C=O) groups is 1. The third-order valence-corrected chi connectivity index (χ3v) is 3.98. The van der Waals surface area contributed by atoms with Gasteiger partial charge in [0.1, 0.15) is 5.82 Å². The fraction of sp³-hybridized carbons (Fsp3) is 0.278. The van der Waals surface area contributed by atoms with Gasteiger partial charge in [-0.3, -0.25) is 4.79 Å². The highest BCUT2D eigenvalue weighted by atomic mass is 35.5. The van der Waals surface area contributed by atoms with Gasteiger partial charge < -0.3 is 10.6 Å². The Morgan fingerprint density at radius 3 is 2.65 bits per heavy atom. The van der Waals surface area contributed by atoms with Crippen molar-refractivity contribution < 1.29 is 9.18 Å². The van der Waals surface area contributed by atoms with E-state index in [0.29, 0.717) is 23.6 Å². The molecule has 2 rings (SSSR count). The molecule has 23 heavy (non-hydrogen) atoms. The monoisotopic (exact) mass is 334 g/mol. The normalized spacial score (nSPS) is 12.0. The van der Waals surface area contributed by atoms with Crippen molar-refractivity contribution in [3.63, 3.8) is 0 Å². The van der Waals surface area contributed by atoms with Gasteiger partial charge in [-0.25, -0.2) is 4.39 Å². The quantitative estimate of drug-likeness (QED) is 0.847. The van der Waals surface area contributed by atoms with Crippen LogP contribution in [0.2, 0.25) is 5.02 Å². The van der Waals surface area contributed by atoms with Gasteiger partial charge in [-0.05, 0) is 42.8 Å². The number of carbonyl (C=O) groups excluding carboxylic acids is 1. The van der Waals surface area contributed by atoms with Crippen LogP contribution in [0.15, 0.2) is 42.5 Å². The van der Waals surface area contributed by atoms with Crippen LogP contribution in [0.1, 0.15) is 29.2 Å². The standard InChI is InChI=1S/C18H20ClFN2O/c1-12-11-13(7-8-16(12)20)18(22-17(23)9-10-21-2)14-5-3-4-6-15(14)19/h3-8,11,18,21H,9-10H2,1-2H3,(H,22,23). The first-order chi connectivity index (χ1) is 11.0. The lowest BCUT2D eigenvalue weighted by Crippen LogP contribution is -2.31. The molecule has 2 aromatic rings. The Labute approximate surface area is 140 Å². The molecule has 0 fully saturated rings. The summed E-state index contributed by atoms with van der Waals surface area (Å²) in [5.41, 5.74) is 2.12. The summed E-state index contributed by atoms with van der Waals surface area (Å²) in [7, 11) is 1.79. The molecule has 0 radical (unpaired) electrons. The zero-order valence-electron chi connectivity index (χ0n) is 13.2. The lowest BCUT2D eigenvalue weighted by atomic mass is 9.97. The lowest BCUT2D eigenvalue weighted by Gasteiger charge is -2.21. The van der Waals surface area contributed by atoms with Crippen LogP contribution in [0.5, 0.6) is 0 Å². The lowest BCUT2D eigenvalue weighted by molar-refractivity contribution is -0.121. The molecule has 1 unspecified atom stereocenters. The van der Waals surface area contributed by atoms with E-state index in [4.69, 9.17) is 11.6 Å². The number of benzene rings is 2. The molecule has 0 aromatic heterocycles. The molecular formula is C18H20ClFN2O. The number of nitrogens with one attached hydrogen (secondary N) is 2. The molecule has 3 nitrogen and oxygen atoms in total. The van der Waals surface area contributed by atoms with Gasteiger partial charge in [0.15, 0.2) is 0 Å². The number of hydrogen-bond acceptors (Lipinski definition) is 2. The predicted molar refractivity (Wildman–Crippen MR) is 91.1 cm³/mol. The van der Waals surface area contributed by atoms with Crippen molar-refractivity contribution >= 4 is 17.5 Å². The fourth-order valence-electron chi connectivity index (χ4n) is 2.37. The smallest absolute Gasteiger partial charge is 0.222 e. The van der Waals surface area contributed by atoms with Crippen LogP contribution >= 0.6 is 11.6 Å². The Hall–Kier alpha value is -1.91. The van der Waals surface area contributed by atoms with Crippen molar-refractivity contribution in [2.45, 2.75) is 19.4 Å². The molecule has 0 heterocycles.